The lowest BCUT2D eigenvalue weighted by atomic mass is 10.1. The normalized spacial score (nSPS) is 10.5. The fourth-order valence-electron chi connectivity index (χ4n) is 2.06. The Labute approximate surface area is 125 Å². The van der Waals surface area contributed by atoms with Gasteiger partial charge in [0.25, 0.3) is 0 Å². The molecular weight excluding hydrogens is 284 g/mol. The topological polar surface area (TPSA) is 71.5 Å². The lowest BCUT2D eigenvalue weighted by molar-refractivity contribution is 0.112. The summed E-state index contributed by atoms with van der Waals surface area (Å²) in [5.41, 5.74) is 3.30. The third kappa shape index (κ3) is 2.57. The number of benzene rings is 1. The van der Waals surface area contributed by atoms with Crippen LogP contribution in [0.25, 0.3) is 22.6 Å². The van der Waals surface area contributed by atoms with Crippen molar-refractivity contribution in [1.82, 2.24) is 20.2 Å². The standard InChI is InChI=1S/C15H12N4OS/c1-21-15-16-8-7-12(17-15)14-11(9-20)13(18-19-14)10-5-3-2-4-6-10/h2-9H,1H3,(H,18,19). The number of nitrogens with zero attached hydrogens (tertiary/aromatic N) is 3. The molecule has 0 unspecified atom stereocenters. The second kappa shape index (κ2) is 5.88. The molecule has 2 aromatic heterocycles. The number of thioether (sulfide) groups is 1. The van der Waals surface area contributed by atoms with Gasteiger partial charge in [0.2, 0.25) is 0 Å². The number of carbonyl (C=O) groups excluding carboxylic acids is 1. The van der Waals surface area contributed by atoms with Crippen LogP contribution in [0.5, 0.6) is 0 Å². The van der Waals surface area contributed by atoms with E-state index in [9.17, 15) is 4.79 Å². The Balaban J connectivity index is 2.12. The van der Waals surface area contributed by atoms with Crippen LogP contribution in [0.4, 0.5) is 0 Å². The molecule has 0 bridgehead atoms. The molecule has 0 atom stereocenters. The molecule has 0 aliphatic heterocycles. The summed E-state index contributed by atoms with van der Waals surface area (Å²) in [6.07, 6.45) is 4.38. The number of rotatable bonds is 4. The SMILES string of the molecule is CSc1nccc(-c2[nH]nc(-c3ccccc3)c2C=O)n1. The van der Waals surface area contributed by atoms with Gasteiger partial charge in [-0.1, -0.05) is 42.1 Å². The van der Waals surface area contributed by atoms with Gasteiger partial charge in [0.05, 0.1) is 17.0 Å². The number of carbonyl (C=O) groups is 1. The Bertz CT molecular complexity index is 770. The van der Waals surface area contributed by atoms with Crippen molar-refractivity contribution < 1.29 is 4.79 Å². The average Bonchev–Trinajstić information content (AvgIpc) is 2.99. The van der Waals surface area contributed by atoms with Crippen molar-refractivity contribution in [2.75, 3.05) is 6.26 Å². The molecule has 0 saturated carbocycles. The number of hydrogen-bond acceptors (Lipinski definition) is 5. The number of H-pyrrole nitrogens is 1. The van der Waals surface area contributed by atoms with E-state index in [1.165, 1.54) is 11.8 Å². The van der Waals surface area contributed by atoms with E-state index in [0.29, 0.717) is 27.8 Å². The zero-order valence-corrected chi connectivity index (χ0v) is 12.1. The van der Waals surface area contributed by atoms with Crippen molar-refractivity contribution in [3.63, 3.8) is 0 Å². The van der Waals surface area contributed by atoms with Gasteiger partial charge in [-0.15, -0.1) is 0 Å². The van der Waals surface area contributed by atoms with Gasteiger partial charge < -0.3 is 0 Å². The highest BCUT2D eigenvalue weighted by Gasteiger charge is 2.16. The summed E-state index contributed by atoms with van der Waals surface area (Å²) in [6.45, 7) is 0. The quantitative estimate of drug-likeness (QED) is 0.455. The van der Waals surface area contributed by atoms with Crippen molar-refractivity contribution in [2.24, 2.45) is 0 Å². The average molecular weight is 296 g/mol. The van der Waals surface area contributed by atoms with Crippen LogP contribution in [-0.4, -0.2) is 32.7 Å². The Kier molecular flexibility index (Phi) is 3.79. The van der Waals surface area contributed by atoms with Gasteiger partial charge >= 0.3 is 0 Å². The first-order chi connectivity index (χ1) is 10.3. The second-order valence-corrected chi connectivity index (χ2v) is 5.05. The van der Waals surface area contributed by atoms with Gasteiger partial charge in [0.1, 0.15) is 5.69 Å². The molecule has 21 heavy (non-hydrogen) atoms. The number of aromatic amines is 1. The van der Waals surface area contributed by atoms with Crippen molar-refractivity contribution in [3.05, 3.63) is 48.2 Å². The van der Waals surface area contributed by atoms with E-state index < -0.39 is 0 Å². The minimum Gasteiger partial charge on any atom is -0.298 e. The molecule has 0 radical (unpaired) electrons. The summed E-state index contributed by atoms with van der Waals surface area (Å²) in [7, 11) is 0. The molecule has 0 aliphatic rings. The van der Waals surface area contributed by atoms with Gasteiger partial charge in [-0.3, -0.25) is 9.89 Å². The van der Waals surface area contributed by atoms with Crippen molar-refractivity contribution >= 4 is 18.0 Å². The first-order valence-electron chi connectivity index (χ1n) is 6.30. The highest BCUT2D eigenvalue weighted by Crippen LogP contribution is 2.28. The monoisotopic (exact) mass is 296 g/mol. The van der Waals surface area contributed by atoms with Crippen molar-refractivity contribution in [2.45, 2.75) is 5.16 Å². The maximum atomic E-state index is 11.5. The van der Waals surface area contributed by atoms with E-state index in [4.69, 9.17) is 0 Å². The fourth-order valence-corrected chi connectivity index (χ4v) is 2.41. The lowest BCUT2D eigenvalue weighted by Crippen LogP contribution is -1.92. The Hall–Kier alpha value is -2.47. The highest BCUT2D eigenvalue weighted by atomic mass is 32.2. The van der Waals surface area contributed by atoms with Crippen LogP contribution in [0.1, 0.15) is 10.4 Å². The van der Waals surface area contributed by atoms with E-state index in [1.807, 2.05) is 36.6 Å². The molecule has 3 aromatic rings. The predicted molar refractivity (Wildman–Crippen MR) is 82.2 cm³/mol. The highest BCUT2D eigenvalue weighted by molar-refractivity contribution is 7.98. The first kappa shape index (κ1) is 13.5. The number of hydrogen-bond donors (Lipinski definition) is 1. The van der Waals surface area contributed by atoms with E-state index in [1.54, 1.807) is 12.3 Å². The zero-order chi connectivity index (χ0) is 14.7. The molecule has 1 N–H and O–H groups in total. The molecule has 0 fully saturated rings. The Morgan fingerprint density at radius 1 is 1.19 bits per heavy atom. The minimum absolute atomic E-state index is 0.506. The minimum atomic E-state index is 0.506. The zero-order valence-electron chi connectivity index (χ0n) is 11.3. The summed E-state index contributed by atoms with van der Waals surface area (Å²) < 4.78 is 0. The second-order valence-electron chi connectivity index (χ2n) is 4.27. The molecular formula is C15H12N4OS. The molecule has 5 nitrogen and oxygen atoms in total. The van der Waals surface area contributed by atoms with Crippen LogP contribution >= 0.6 is 11.8 Å². The third-order valence-electron chi connectivity index (χ3n) is 3.04. The summed E-state index contributed by atoms with van der Waals surface area (Å²) in [5, 5.41) is 7.83. The Morgan fingerprint density at radius 2 is 2.00 bits per heavy atom. The smallest absolute Gasteiger partial charge is 0.187 e. The molecule has 1 aromatic carbocycles. The van der Waals surface area contributed by atoms with Crippen LogP contribution in [0, 0.1) is 0 Å². The van der Waals surface area contributed by atoms with Crippen LogP contribution < -0.4 is 0 Å². The summed E-state index contributed by atoms with van der Waals surface area (Å²) in [5.74, 6) is 0. The van der Waals surface area contributed by atoms with Gasteiger partial charge in [-0.2, -0.15) is 5.10 Å². The van der Waals surface area contributed by atoms with Crippen molar-refractivity contribution in [3.8, 4) is 22.6 Å². The summed E-state index contributed by atoms with van der Waals surface area (Å²) in [6, 6.07) is 11.3. The van der Waals surface area contributed by atoms with Gasteiger partial charge in [-0.05, 0) is 12.3 Å². The number of aromatic nitrogens is 4. The van der Waals surface area contributed by atoms with E-state index >= 15 is 0 Å². The molecule has 2 heterocycles. The summed E-state index contributed by atoms with van der Waals surface area (Å²) in [4.78, 5) is 20.0. The Morgan fingerprint density at radius 3 is 2.71 bits per heavy atom. The maximum absolute atomic E-state index is 11.5. The predicted octanol–water partition coefficient (Wildman–Crippen LogP) is 3.07. The molecule has 0 amide bonds. The third-order valence-corrected chi connectivity index (χ3v) is 3.60. The number of nitrogens with one attached hydrogen (secondary N) is 1. The van der Waals surface area contributed by atoms with E-state index in [-0.39, 0.29) is 0 Å². The van der Waals surface area contributed by atoms with Gasteiger partial charge in [-0.25, -0.2) is 9.97 Å². The molecule has 0 saturated heterocycles. The molecule has 3 rings (SSSR count). The van der Waals surface area contributed by atoms with Gasteiger partial charge in [0.15, 0.2) is 11.4 Å². The largest absolute Gasteiger partial charge is 0.298 e. The van der Waals surface area contributed by atoms with Crippen LogP contribution in [-0.2, 0) is 0 Å². The van der Waals surface area contributed by atoms with Crippen LogP contribution in [0.2, 0.25) is 0 Å². The maximum Gasteiger partial charge on any atom is 0.187 e. The first-order valence-corrected chi connectivity index (χ1v) is 7.52. The van der Waals surface area contributed by atoms with E-state index in [0.717, 1.165) is 11.8 Å². The molecule has 6 heteroatoms. The molecule has 0 spiro atoms. The molecule has 0 aliphatic carbocycles. The van der Waals surface area contributed by atoms with Crippen LogP contribution in [0.15, 0.2) is 47.8 Å². The van der Waals surface area contributed by atoms with E-state index in [2.05, 4.69) is 20.2 Å². The van der Waals surface area contributed by atoms with Crippen LogP contribution in [0.3, 0.4) is 0 Å². The summed E-state index contributed by atoms with van der Waals surface area (Å²) >= 11 is 1.45. The number of aldehydes is 1. The van der Waals surface area contributed by atoms with Crippen molar-refractivity contribution in [1.29, 1.82) is 0 Å². The van der Waals surface area contributed by atoms with Gasteiger partial charge in [0, 0.05) is 11.8 Å². The molecule has 104 valence electrons. The lowest BCUT2D eigenvalue weighted by Gasteiger charge is -2.01. The fraction of sp³-hybridized carbons (Fsp3) is 0.0667.